The van der Waals surface area contributed by atoms with Crippen LogP contribution in [-0.2, 0) is 4.79 Å². The van der Waals surface area contributed by atoms with E-state index in [4.69, 9.17) is 11.6 Å². The number of amides is 1. The monoisotopic (exact) mass is 254 g/mol. The van der Waals surface area contributed by atoms with Gasteiger partial charge >= 0.3 is 0 Å². The van der Waals surface area contributed by atoms with E-state index in [-0.39, 0.29) is 12.5 Å². The molecule has 0 aromatic heterocycles. The molecule has 3 nitrogen and oxygen atoms in total. The molecule has 94 valence electrons. The molecule has 0 heterocycles. The molecular formula is C13H19ClN2O. The van der Waals surface area contributed by atoms with Crippen LogP contribution in [0.15, 0.2) is 18.2 Å². The lowest BCUT2D eigenvalue weighted by molar-refractivity contribution is -0.119. The topological polar surface area (TPSA) is 41.1 Å². The Balaban J connectivity index is 2.39. The van der Waals surface area contributed by atoms with Crippen molar-refractivity contribution in [3.63, 3.8) is 0 Å². The molecule has 0 aliphatic carbocycles. The van der Waals surface area contributed by atoms with Gasteiger partial charge in [-0.1, -0.05) is 31.0 Å². The van der Waals surface area contributed by atoms with Crippen LogP contribution in [-0.4, -0.2) is 19.0 Å². The van der Waals surface area contributed by atoms with E-state index >= 15 is 0 Å². The number of halogens is 1. The molecule has 0 aliphatic rings. The van der Waals surface area contributed by atoms with Crippen molar-refractivity contribution in [2.45, 2.75) is 26.7 Å². The van der Waals surface area contributed by atoms with Crippen LogP contribution < -0.4 is 10.6 Å². The number of benzene rings is 1. The van der Waals surface area contributed by atoms with Gasteiger partial charge in [0.2, 0.25) is 5.91 Å². The maximum atomic E-state index is 11.5. The summed E-state index contributed by atoms with van der Waals surface area (Å²) in [6.45, 7) is 5.05. The molecule has 0 aliphatic heterocycles. The second kappa shape index (κ2) is 7.17. The molecule has 0 saturated carbocycles. The summed E-state index contributed by atoms with van der Waals surface area (Å²) >= 11 is 5.99. The summed E-state index contributed by atoms with van der Waals surface area (Å²) < 4.78 is 0. The van der Waals surface area contributed by atoms with Crippen molar-refractivity contribution < 1.29 is 4.79 Å². The molecule has 0 atom stereocenters. The van der Waals surface area contributed by atoms with Crippen LogP contribution in [0.1, 0.15) is 25.3 Å². The Bertz CT molecular complexity index is 380. The molecule has 0 saturated heterocycles. The molecule has 1 amide bonds. The largest absolute Gasteiger partial charge is 0.376 e. The molecule has 0 bridgehead atoms. The molecule has 0 fully saturated rings. The first-order chi connectivity index (χ1) is 8.15. The van der Waals surface area contributed by atoms with Crippen molar-refractivity contribution in [3.8, 4) is 0 Å². The highest BCUT2D eigenvalue weighted by Gasteiger charge is 2.04. The molecule has 1 aromatic carbocycles. The van der Waals surface area contributed by atoms with Gasteiger partial charge < -0.3 is 10.6 Å². The van der Waals surface area contributed by atoms with E-state index in [0.29, 0.717) is 5.02 Å². The first kappa shape index (κ1) is 13.8. The van der Waals surface area contributed by atoms with E-state index in [9.17, 15) is 4.79 Å². The first-order valence-electron chi connectivity index (χ1n) is 5.90. The third kappa shape index (κ3) is 4.65. The quantitative estimate of drug-likeness (QED) is 0.767. The van der Waals surface area contributed by atoms with Gasteiger partial charge in [-0.05, 0) is 31.0 Å². The van der Waals surface area contributed by atoms with Crippen molar-refractivity contribution in [3.05, 3.63) is 28.8 Å². The Morgan fingerprint density at radius 2 is 2.18 bits per heavy atom. The van der Waals surface area contributed by atoms with E-state index in [1.807, 2.05) is 25.1 Å². The van der Waals surface area contributed by atoms with Crippen LogP contribution in [0.2, 0.25) is 5.02 Å². The van der Waals surface area contributed by atoms with Crippen molar-refractivity contribution in [1.82, 2.24) is 5.32 Å². The molecule has 0 radical (unpaired) electrons. The fraction of sp³-hybridized carbons (Fsp3) is 0.462. The van der Waals surface area contributed by atoms with E-state index in [0.717, 1.165) is 30.6 Å². The average molecular weight is 255 g/mol. The molecule has 17 heavy (non-hydrogen) atoms. The zero-order valence-corrected chi connectivity index (χ0v) is 11.1. The number of carbonyl (C=O) groups is 1. The lowest BCUT2D eigenvalue weighted by Crippen LogP contribution is -2.30. The summed E-state index contributed by atoms with van der Waals surface area (Å²) in [5, 5.41) is 6.65. The standard InChI is InChI=1S/C13H19ClN2O/c1-3-4-8-15-13(17)9-16-12-7-5-6-11(14)10(12)2/h5-7,16H,3-4,8-9H2,1-2H3,(H,15,17). The van der Waals surface area contributed by atoms with Crippen LogP contribution >= 0.6 is 11.6 Å². The van der Waals surface area contributed by atoms with Gasteiger partial charge in [0.05, 0.1) is 6.54 Å². The minimum absolute atomic E-state index is 0.0119. The Morgan fingerprint density at radius 3 is 2.88 bits per heavy atom. The molecule has 0 spiro atoms. The van der Waals surface area contributed by atoms with E-state index in [1.54, 1.807) is 0 Å². The Morgan fingerprint density at radius 1 is 1.41 bits per heavy atom. The lowest BCUT2D eigenvalue weighted by Gasteiger charge is -2.10. The second-order valence-electron chi connectivity index (χ2n) is 3.97. The van der Waals surface area contributed by atoms with Crippen LogP contribution in [0.5, 0.6) is 0 Å². The second-order valence-corrected chi connectivity index (χ2v) is 4.38. The summed E-state index contributed by atoms with van der Waals surface area (Å²) in [5.74, 6) is 0.0119. The first-order valence-corrected chi connectivity index (χ1v) is 6.28. The molecule has 2 N–H and O–H groups in total. The van der Waals surface area contributed by atoms with Gasteiger partial charge in [-0.25, -0.2) is 0 Å². The minimum Gasteiger partial charge on any atom is -0.376 e. The highest BCUT2D eigenvalue weighted by atomic mass is 35.5. The highest BCUT2D eigenvalue weighted by Crippen LogP contribution is 2.22. The molecule has 1 aromatic rings. The number of hydrogen-bond acceptors (Lipinski definition) is 2. The van der Waals surface area contributed by atoms with Crippen LogP contribution in [0.4, 0.5) is 5.69 Å². The molecule has 1 rings (SSSR count). The van der Waals surface area contributed by atoms with Crippen LogP contribution in [0, 0.1) is 6.92 Å². The maximum absolute atomic E-state index is 11.5. The van der Waals surface area contributed by atoms with Gasteiger partial charge in [0, 0.05) is 17.3 Å². The van der Waals surface area contributed by atoms with Crippen molar-refractivity contribution in [2.75, 3.05) is 18.4 Å². The zero-order chi connectivity index (χ0) is 12.7. The summed E-state index contributed by atoms with van der Waals surface area (Å²) in [6.07, 6.45) is 2.10. The Labute approximate surface area is 108 Å². The normalized spacial score (nSPS) is 10.1. The highest BCUT2D eigenvalue weighted by molar-refractivity contribution is 6.31. The fourth-order valence-electron chi connectivity index (χ4n) is 1.44. The number of carbonyl (C=O) groups excluding carboxylic acids is 1. The predicted molar refractivity (Wildman–Crippen MR) is 72.6 cm³/mol. The zero-order valence-electron chi connectivity index (χ0n) is 10.3. The van der Waals surface area contributed by atoms with Gasteiger partial charge in [-0.2, -0.15) is 0 Å². The number of nitrogens with one attached hydrogen (secondary N) is 2. The summed E-state index contributed by atoms with van der Waals surface area (Å²) in [5.41, 5.74) is 1.87. The van der Waals surface area contributed by atoms with Crippen LogP contribution in [0.3, 0.4) is 0 Å². The smallest absolute Gasteiger partial charge is 0.239 e. The van der Waals surface area contributed by atoms with E-state index in [2.05, 4.69) is 17.6 Å². The third-order valence-corrected chi connectivity index (χ3v) is 2.97. The Kier molecular flexibility index (Phi) is 5.84. The fourth-order valence-corrected chi connectivity index (χ4v) is 1.62. The predicted octanol–water partition coefficient (Wildman–Crippen LogP) is 2.98. The Hall–Kier alpha value is -1.22. The van der Waals surface area contributed by atoms with Gasteiger partial charge in [-0.15, -0.1) is 0 Å². The van der Waals surface area contributed by atoms with Gasteiger partial charge in [0.25, 0.3) is 0 Å². The van der Waals surface area contributed by atoms with Crippen molar-refractivity contribution in [1.29, 1.82) is 0 Å². The lowest BCUT2D eigenvalue weighted by atomic mass is 10.2. The molecular weight excluding hydrogens is 236 g/mol. The van der Waals surface area contributed by atoms with Crippen molar-refractivity contribution in [2.24, 2.45) is 0 Å². The van der Waals surface area contributed by atoms with Gasteiger partial charge in [0.1, 0.15) is 0 Å². The number of rotatable bonds is 6. The van der Waals surface area contributed by atoms with E-state index in [1.165, 1.54) is 0 Å². The minimum atomic E-state index is 0.0119. The van der Waals surface area contributed by atoms with Crippen molar-refractivity contribution >= 4 is 23.2 Å². The molecule has 4 heteroatoms. The number of unbranched alkanes of at least 4 members (excludes halogenated alkanes) is 1. The SMILES string of the molecule is CCCCNC(=O)CNc1cccc(Cl)c1C. The maximum Gasteiger partial charge on any atom is 0.239 e. The van der Waals surface area contributed by atoms with Gasteiger partial charge in [-0.3, -0.25) is 4.79 Å². The molecule has 0 unspecified atom stereocenters. The summed E-state index contributed by atoms with van der Waals surface area (Å²) in [6, 6.07) is 5.62. The summed E-state index contributed by atoms with van der Waals surface area (Å²) in [7, 11) is 0. The average Bonchev–Trinajstić information content (AvgIpc) is 2.31. The third-order valence-electron chi connectivity index (χ3n) is 2.56. The van der Waals surface area contributed by atoms with E-state index < -0.39 is 0 Å². The van der Waals surface area contributed by atoms with Crippen LogP contribution in [0.25, 0.3) is 0 Å². The number of anilines is 1. The van der Waals surface area contributed by atoms with Gasteiger partial charge in [0.15, 0.2) is 0 Å². The number of hydrogen-bond donors (Lipinski definition) is 2. The summed E-state index contributed by atoms with van der Waals surface area (Å²) in [4.78, 5) is 11.5.